The van der Waals surface area contributed by atoms with Crippen LogP contribution in [0.4, 0.5) is 5.69 Å². The van der Waals surface area contributed by atoms with Crippen molar-refractivity contribution < 1.29 is 9.59 Å². The quantitative estimate of drug-likeness (QED) is 0.754. The minimum atomic E-state index is -0.104. The van der Waals surface area contributed by atoms with Gasteiger partial charge in [0, 0.05) is 37.9 Å². The third kappa shape index (κ3) is 5.55. The van der Waals surface area contributed by atoms with E-state index >= 15 is 0 Å². The molecule has 1 atom stereocenters. The van der Waals surface area contributed by atoms with E-state index in [0.29, 0.717) is 12.6 Å². The first kappa shape index (κ1) is 20.8. The van der Waals surface area contributed by atoms with Gasteiger partial charge in [0.2, 0.25) is 11.8 Å². The van der Waals surface area contributed by atoms with Crippen LogP contribution in [0.15, 0.2) is 24.3 Å². The summed E-state index contributed by atoms with van der Waals surface area (Å²) in [6, 6.07) is 8.22. The van der Waals surface area contributed by atoms with Crippen molar-refractivity contribution in [1.29, 1.82) is 0 Å². The molecule has 0 aromatic heterocycles. The number of nitrogens with zero attached hydrogens (tertiary/aromatic N) is 2. The molecule has 2 fully saturated rings. The van der Waals surface area contributed by atoms with E-state index in [0.717, 1.165) is 56.7 Å². The van der Waals surface area contributed by atoms with Crippen LogP contribution in [0.3, 0.4) is 0 Å². The van der Waals surface area contributed by atoms with Crippen LogP contribution in [-0.4, -0.2) is 66.4 Å². The fraction of sp³-hybridized carbons (Fsp3) is 0.636. The average molecular weight is 387 g/mol. The maximum atomic E-state index is 12.5. The van der Waals surface area contributed by atoms with Gasteiger partial charge in [-0.15, -0.1) is 0 Å². The van der Waals surface area contributed by atoms with Gasteiger partial charge in [-0.25, -0.2) is 0 Å². The van der Waals surface area contributed by atoms with Gasteiger partial charge in [0.25, 0.3) is 0 Å². The van der Waals surface area contributed by atoms with E-state index in [1.54, 1.807) is 0 Å². The number of amides is 2. The van der Waals surface area contributed by atoms with Gasteiger partial charge in [0.05, 0.1) is 12.6 Å². The molecule has 1 saturated carbocycles. The minimum absolute atomic E-state index is 0.0291. The first-order chi connectivity index (χ1) is 13.6. The van der Waals surface area contributed by atoms with E-state index < -0.39 is 0 Å². The summed E-state index contributed by atoms with van der Waals surface area (Å²) >= 11 is 0. The van der Waals surface area contributed by atoms with Crippen LogP contribution in [0.2, 0.25) is 0 Å². The highest BCUT2D eigenvalue weighted by Gasteiger charge is 2.28. The van der Waals surface area contributed by atoms with Gasteiger partial charge in [-0.1, -0.05) is 38.0 Å². The molecule has 2 N–H and O–H groups in total. The Morgan fingerprint density at radius 1 is 1.11 bits per heavy atom. The molecule has 0 radical (unpaired) electrons. The van der Waals surface area contributed by atoms with Gasteiger partial charge in [-0.2, -0.15) is 0 Å². The smallest absolute Gasteiger partial charge is 0.238 e. The summed E-state index contributed by atoms with van der Waals surface area (Å²) in [6.07, 6.45) is 5.58. The molecule has 2 aliphatic rings. The molecule has 154 valence electrons. The molecule has 1 aromatic carbocycles. The summed E-state index contributed by atoms with van der Waals surface area (Å²) in [6.45, 7) is 7.74. The van der Waals surface area contributed by atoms with E-state index in [1.165, 1.54) is 12.8 Å². The van der Waals surface area contributed by atoms with Gasteiger partial charge in [-0.05, 0) is 37.8 Å². The molecular weight excluding hydrogens is 352 g/mol. The SMILES string of the molecule is CCc1ccccc1NC(=O)CN1CCN([C@H](C)C(=O)NC2CCCC2)CC1. The highest BCUT2D eigenvalue weighted by Crippen LogP contribution is 2.18. The predicted molar refractivity (Wildman–Crippen MR) is 112 cm³/mol. The number of carbonyl (C=O) groups excluding carboxylic acids is 2. The number of nitrogens with one attached hydrogen (secondary N) is 2. The lowest BCUT2D eigenvalue weighted by Crippen LogP contribution is -2.55. The fourth-order valence-corrected chi connectivity index (χ4v) is 4.21. The number of hydrogen-bond acceptors (Lipinski definition) is 4. The van der Waals surface area contributed by atoms with Gasteiger partial charge >= 0.3 is 0 Å². The Morgan fingerprint density at radius 3 is 2.46 bits per heavy atom. The lowest BCUT2D eigenvalue weighted by atomic mass is 10.1. The Hall–Kier alpha value is -1.92. The van der Waals surface area contributed by atoms with Crippen LogP contribution in [0.25, 0.3) is 0 Å². The van der Waals surface area contributed by atoms with E-state index in [9.17, 15) is 9.59 Å². The number of aryl methyl sites for hydroxylation is 1. The maximum Gasteiger partial charge on any atom is 0.238 e. The first-order valence-electron chi connectivity index (χ1n) is 10.7. The van der Waals surface area contributed by atoms with Gasteiger partial charge in [-0.3, -0.25) is 19.4 Å². The normalized spacial score (nSPS) is 20.1. The third-order valence-corrected chi connectivity index (χ3v) is 6.08. The molecule has 0 bridgehead atoms. The molecule has 0 spiro atoms. The molecule has 1 aromatic rings. The van der Waals surface area contributed by atoms with Crippen LogP contribution >= 0.6 is 0 Å². The Bertz CT molecular complexity index is 664. The van der Waals surface area contributed by atoms with E-state index in [-0.39, 0.29) is 17.9 Å². The second-order valence-electron chi connectivity index (χ2n) is 8.04. The van der Waals surface area contributed by atoms with E-state index in [1.807, 2.05) is 31.2 Å². The van der Waals surface area contributed by atoms with Crippen LogP contribution in [0.5, 0.6) is 0 Å². The minimum Gasteiger partial charge on any atom is -0.352 e. The standard InChI is InChI=1S/C22H34N4O2/c1-3-18-8-4-7-11-20(18)24-21(27)16-25-12-14-26(15-13-25)17(2)22(28)23-19-9-5-6-10-19/h4,7-8,11,17,19H,3,5-6,9-10,12-16H2,1-2H3,(H,23,28)(H,24,27)/t17-/m1/s1. The number of piperazine rings is 1. The molecule has 3 rings (SSSR count). The largest absolute Gasteiger partial charge is 0.352 e. The van der Waals surface area contributed by atoms with Crippen LogP contribution in [0, 0.1) is 0 Å². The molecular formula is C22H34N4O2. The Balaban J connectivity index is 1.42. The van der Waals surface area contributed by atoms with Crippen molar-refractivity contribution in [3.05, 3.63) is 29.8 Å². The second-order valence-corrected chi connectivity index (χ2v) is 8.04. The van der Waals surface area contributed by atoms with Crippen LogP contribution in [-0.2, 0) is 16.0 Å². The molecule has 6 nitrogen and oxygen atoms in total. The number of carbonyl (C=O) groups is 2. The zero-order valence-electron chi connectivity index (χ0n) is 17.2. The van der Waals surface area contributed by atoms with Crippen LogP contribution < -0.4 is 10.6 Å². The average Bonchev–Trinajstić information content (AvgIpc) is 3.21. The Kier molecular flexibility index (Phi) is 7.45. The molecule has 1 aliphatic heterocycles. The highest BCUT2D eigenvalue weighted by atomic mass is 16.2. The zero-order chi connectivity index (χ0) is 19.9. The summed E-state index contributed by atoms with van der Waals surface area (Å²) < 4.78 is 0. The summed E-state index contributed by atoms with van der Waals surface area (Å²) in [7, 11) is 0. The maximum absolute atomic E-state index is 12.5. The molecule has 1 saturated heterocycles. The van der Waals surface area contributed by atoms with Crippen molar-refractivity contribution in [2.75, 3.05) is 38.0 Å². The molecule has 0 unspecified atom stereocenters. The molecule has 6 heteroatoms. The number of para-hydroxylation sites is 1. The van der Waals surface area contributed by atoms with Crippen molar-refractivity contribution in [3.63, 3.8) is 0 Å². The Labute approximate surface area is 168 Å². The van der Waals surface area contributed by atoms with Crippen molar-refractivity contribution in [1.82, 2.24) is 15.1 Å². The Morgan fingerprint density at radius 2 is 1.79 bits per heavy atom. The zero-order valence-corrected chi connectivity index (χ0v) is 17.2. The van der Waals surface area contributed by atoms with E-state index in [2.05, 4.69) is 27.4 Å². The van der Waals surface area contributed by atoms with Crippen molar-refractivity contribution in [2.45, 2.75) is 58.0 Å². The summed E-state index contributed by atoms with van der Waals surface area (Å²) in [5.41, 5.74) is 2.06. The van der Waals surface area contributed by atoms with Gasteiger partial charge in [0.1, 0.15) is 0 Å². The number of benzene rings is 1. The molecule has 1 heterocycles. The summed E-state index contributed by atoms with van der Waals surface area (Å²) in [4.78, 5) is 29.3. The summed E-state index contributed by atoms with van der Waals surface area (Å²) in [5, 5.41) is 6.24. The summed E-state index contributed by atoms with van der Waals surface area (Å²) in [5.74, 6) is 0.177. The van der Waals surface area contributed by atoms with Gasteiger partial charge in [0.15, 0.2) is 0 Å². The van der Waals surface area contributed by atoms with Crippen LogP contribution in [0.1, 0.15) is 45.1 Å². The second kappa shape index (κ2) is 10.0. The lowest BCUT2D eigenvalue weighted by molar-refractivity contribution is -0.127. The number of anilines is 1. The lowest BCUT2D eigenvalue weighted by Gasteiger charge is -2.37. The monoisotopic (exact) mass is 386 g/mol. The van der Waals surface area contributed by atoms with Crippen molar-refractivity contribution in [2.24, 2.45) is 0 Å². The predicted octanol–water partition coefficient (Wildman–Crippen LogP) is 2.25. The fourth-order valence-electron chi connectivity index (χ4n) is 4.21. The molecule has 2 amide bonds. The first-order valence-corrected chi connectivity index (χ1v) is 10.7. The molecule has 1 aliphatic carbocycles. The van der Waals surface area contributed by atoms with E-state index in [4.69, 9.17) is 0 Å². The number of hydrogen-bond donors (Lipinski definition) is 2. The topological polar surface area (TPSA) is 64.7 Å². The molecule has 28 heavy (non-hydrogen) atoms. The number of rotatable bonds is 7. The third-order valence-electron chi connectivity index (χ3n) is 6.08. The highest BCUT2D eigenvalue weighted by molar-refractivity contribution is 5.93. The van der Waals surface area contributed by atoms with Gasteiger partial charge < -0.3 is 10.6 Å². The van der Waals surface area contributed by atoms with Crippen molar-refractivity contribution >= 4 is 17.5 Å². The van der Waals surface area contributed by atoms with Crippen molar-refractivity contribution in [3.8, 4) is 0 Å².